The van der Waals surface area contributed by atoms with E-state index in [0.717, 1.165) is 77.4 Å². The van der Waals surface area contributed by atoms with Gasteiger partial charge in [0, 0.05) is 32.0 Å². The smallest absolute Gasteiger partial charge is 0.305 e. The predicted molar refractivity (Wildman–Crippen MR) is 161 cm³/mol. The molecule has 0 aromatic carbocycles. The monoisotopic (exact) mass is 576 g/mol. The summed E-state index contributed by atoms with van der Waals surface area (Å²) in [5.41, 5.74) is 1.16. The third kappa shape index (κ3) is 11.6. The quantitative estimate of drug-likeness (QED) is 0.127. The van der Waals surface area contributed by atoms with Crippen molar-refractivity contribution in [2.24, 2.45) is 17.3 Å². The van der Waals surface area contributed by atoms with Crippen LogP contribution in [0, 0.1) is 17.3 Å². The molecule has 1 N–H and O–H groups in total. The van der Waals surface area contributed by atoms with Gasteiger partial charge in [0.2, 0.25) is 0 Å². The molecule has 7 heteroatoms. The summed E-state index contributed by atoms with van der Waals surface area (Å²) < 4.78 is 29.8. The number of unbranched alkanes of at least 4 members (excludes halogenated alkanes) is 1. The Bertz CT molecular complexity index is 847. The Morgan fingerprint density at radius 2 is 1.76 bits per heavy atom. The van der Waals surface area contributed by atoms with Crippen molar-refractivity contribution in [1.29, 1.82) is 0 Å². The lowest BCUT2D eigenvalue weighted by Crippen LogP contribution is -2.36. The second kappa shape index (κ2) is 17.6. The molecule has 0 aromatic rings. The van der Waals surface area contributed by atoms with Crippen molar-refractivity contribution >= 4 is 5.97 Å². The average molecular weight is 577 g/mol. The van der Waals surface area contributed by atoms with Gasteiger partial charge in [-0.05, 0) is 89.4 Å². The zero-order chi connectivity index (χ0) is 29.7. The van der Waals surface area contributed by atoms with E-state index >= 15 is 0 Å². The van der Waals surface area contributed by atoms with Crippen LogP contribution in [0.25, 0.3) is 0 Å². The van der Waals surface area contributed by atoms with E-state index in [9.17, 15) is 9.90 Å². The largest absolute Gasteiger partial charge is 0.469 e. The minimum Gasteiger partial charge on any atom is -0.469 e. The third-order valence-electron chi connectivity index (χ3n) is 8.66. The molecule has 1 aliphatic carbocycles. The van der Waals surface area contributed by atoms with E-state index in [4.69, 9.17) is 23.7 Å². The minimum absolute atomic E-state index is 0.0316. The molecule has 234 valence electrons. The first-order valence-corrected chi connectivity index (χ1v) is 16.0. The van der Waals surface area contributed by atoms with Gasteiger partial charge in [0.25, 0.3) is 0 Å². The fourth-order valence-corrected chi connectivity index (χ4v) is 5.96. The van der Waals surface area contributed by atoms with Crippen LogP contribution in [-0.4, -0.2) is 62.3 Å². The average Bonchev–Trinajstić information content (AvgIpc) is 3.25. The molecule has 0 bridgehead atoms. The lowest BCUT2D eigenvalue weighted by Gasteiger charge is -2.36. The Labute approximate surface area is 248 Å². The zero-order valence-electron chi connectivity index (χ0n) is 26.2. The van der Waals surface area contributed by atoms with Gasteiger partial charge in [-0.3, -0.25) is 4.79 Å². The van der Waals surface area contributed by atoms with Gasteiger partial charge in [0.05, 0.1) is 25.4 Å². The molecule has 2 aliphatic heterocycles. The minimum atomic E-state index is -0.460. The van der Waals surface area contributed by atoms with Gasteiger partial charge < -0.3 is 28.8 Å². The van der Waals surface area contributed by atoms with Crippen LogP contribution in [0.15, 0.2) is 36.0 Å². The highest BCUT2D eigenvalue weighted by atomic mass is 16.7. The number of carbonyl (C=O) groups is 1. The molecule has 7 atom stereocenters. The van der Waals surface area contributed by atoms with E-state index in [1.54, 1.807) is 0 Å². The van der Waals surface area contributed by atoms with Gasteiger partial charge in [-0.2, -0.15) is 0 Å². The molecule has 2 unspecified atom stereocenters. The SMILES string of the molecule is COC(=O)CCC/C=C\C[C@@H]1[C@@H](/C=C/[C@H](OC2CCCCO2)C(C)(C)CC=C(C)C)[C@H](OC2CCCCO2)C[C@H]1O. The number of aliphatic hydroxyl groups excluding tert-OH is 1. The van der Waals surface area contributed by atoms with Crippen LogP contribution in [0.5, 0.6) is 0 Å². The van der Waals surface area contributed by atoms with Crippen LogP contribution in [0.4, 0.5) is 0 Å². The Balaban J connectivity index is 1.77. The van der Waals surface area contributed by atoms with Gasteiger partial charge in [-0.15, -0.1) is 0 Å². The number of hydrogen-bond donors (Lipinski definition) is 1. The van der Waals surface area contributed by atoms with E-state index in [1.165, 1.54) is 12.7 Å². The van der Waals surface area contributed by atoms with Crippen molar-refractivity contribution in [3.63, 3.8) is 0 Å². The number of rotatable bonds is 15. The summed E-state index contributed by atoms with van der Waals surface area (Å²) in [7, 11) is 1.42. The molecule has 0 amide bonds. The molecular weight excluding hydrogens is 520 g/mol. The molecule has 2 heterocycles. The number of aliphatic hydroxyl groups is 1. The van der Waals surface area contributed by atoms with Crippen molar-refractivity contribution in [2.45, 2.75) is 136 Å². The summed E-state index contributed by atoms with van der Waals surface area (Å²) in [6, 6.07) is 0. The molecule has 3 aliphatic rings. The van der Waals surface area contributed by atoms with Gasteiger partial charge in [-0.1, -0.05) is 49.8 Å². The van der Waals surface area contributed by atoms with Crippen molar-refractivity contribution in [2.75, 3.05) is 20.3 Å². The molecule has 7 nitrogen and oxygen atoms in total. The van der Waals surface area contributed by atoms with E-state index in [1.807, 2.05) is 0 Å². The van der Waals surface area contributed by atoms with Crippen molar-refractivity contribution in [1.82, 2.24) is 0 Å². The number of esters is 1. The maximum absolute atomic E-state index is 11.4. The first-order valence-electron chi connectivity index (χ1n) is 16.0. The predicted octanol–water partition coefficient (Wildman–Crippen LogP) is 7.04. The van der Waals surface area contributed by atoms with Crippen LogP contribution in [0.2, 0.25) is 0 Å². The van der Waals surface area contributed by atoms with Crippen LogP contribution in [-0.2, 0) is 28.5 Å². The van der Waals surface area contributed by atoms with E-state index in [2.05, 4.69) is 58.1 Å². The Morgan fingerprint density at radius 1 is 1.05 bits per heavy atom. The Morgan fingerprint density at radius 3 is 2.39 bits per heavy atom. The van der Waals surface area contributed by atoms with Crippen LogP contribution in [0.3, 0.4) is 0 Å². The van der Waals surface area contributed by atoms with Crippen molar-refractivity contribution < 1.29 is 33.6 Å². The maximum Gasteiger partial charge on any atom is 0.305 e. The highest BCUT2D eigenvalue weighted by molar-refractivity contribution is 5.69. The second-order valence-electron chi connectivity index (χ2n) is 12.9. The van der Waals surface area contributed by atoms with E-state index in [0.29, 0.717) is 12.8 Å². The molecule has 0 radical (unpaired) electrons. The molecule has 3 fully saturated rings. The number of hydrogen-bond acceptors (Lipinski definition) is 7. The second-order valence-corrected chi connectivity index (χ2v) is 12.9. The summed E-state index contributed by atoms with van der Waals surface area (Å²) in [5, 5.41) is 11.2. The summed E-state index contributed by atoms with van der Waals surface area (Å²) in [4.78, 5) is 11.4. The molecule has 3 rings (SSSR count). The van der Waals surface area contributed by atoms with Crippen LogP contribution < -0.4 is 0 Å². The van der Waals surface area contributed by atoms with Gasteiger partial charge >= 0.3 is 5.97 Å². The maximum atomic E-state index is 11.4. The first-order chi connectivity index (χ1) is 19.7. The molecular formula is C34H56O7. The third-order valence-corrected chi connectivity index (χ3v) is 8.66. The Hall–Kier alpha value is -1.51. The normalized spacial score (nSPS) is 30.1. The number of carbonyl (C=O) groups excluding carboxylic acids is 1. The van der Waals surface area contributed by atoms with Gasteiger partial charge in [-0.25, -0.2) is 0 Å². The first kappa shape index (κ1) is 34.0. The highest BCUT2D eigenvalue weighted by Gasteiger charge is 2.43. The Kier molecular flexibility index (Phi) is 14.6. The van der Waals surface area contributed by atoms with Gasteiger partial charge in [0.15, 0.2) is 12.6 Å². The molecule has 41 heavy (non-hydrogen) atoms. The fraction of sp³-hybridized carbons (Fsp3) is 0.794. The lowest BCUT2D eigenvalue weighted by molar-refractivity contribution is -0.197. The van der Waals surface area contributed by atoms with E-state index in [-0.39, 0.29) is 48.0 Å². The molecule has 0 aromatic heterocycles. The zero-order valence-corrected chi connectivity index (χ0v) is 26.2. The van der Waals surface area contributed by atoms with Gasteiger partial charge in [0.1, 0.15) is 0 Å². The topological polar surface area (TPSA) is 83.5 Å². The number of ether oxygens (including phenoxy) is 5. The van der Waals surface area contributed by atoms with Crippen molar-refractivity contribution in [3.8, 4) is 0 Å². The molecule has 2 saturated heterocycles. The van der Waals surface area contributed by atoms with Crippen LogP contribution >= 0.6 is 0 Å². The summed E-state index contributed by atoms with van der Waals surface area (Å²) in [6.45, 7) is 10.3. The summed E-state index contributed by atoms with van der Waals surface area (Å²) in [5.74, 6) is -0.111. The highest BCUT2D eigenvalue weighted by Crippen LogP contribution is 2.41. The summed E-state index contributed by atoms with van der Waals surface area (Å²) >= 11 is 0. The lowest BCUT2D eigenvalue weighted by atomic mass is 9.81. The summed E-state index contributed by atoms with van der Waals surface area (Å²) in [6.07, 6.45) is 20.3. The molecule has 1 saturated carbocycles. The standard InChI is InChI=1S/C34H56O7/c1-25(2)20-21-34(3,4)30(41-33-17-11-13-23-39-33)19-18-27-26(14-8-6-7-9-15-31(36)37-5)28(35)24-29(27)40-32-16-10-12-22-38-32/h6,8,18-20,26-30,32-33,35H,7,9-17,21-24H2,1-5H3/b8-6-,19-18+/t26-,27-,28-,29-,30+,32?,33?/m1/s1. The van der Waals surface area contributed by atoms with Crippen molar-refractivity contribution in [3.05, 3.63) is 36.0 Å². The number of methoxy groups -OCH3 is 1. The fourth-order valence-electron chi connectivity index (χ4n) is 5.96. The molecule has 0 spiro atoms. The number of allylic oxidation sites excluding steroid dienone is 4. The van der Waals surface area contributed by atoms with E-state index < -0.39 is 6.10 Å². The van der Waals surface area contributed by atoms with Crippen LogP contribution in [0.1, 0.15) is 105 Å².